The molecule has 0 unspecified atom stereocenters. The second-order valence-electron chi connectivity index (χ2n) is 16.2. The fraction of sp³-hybridized carbons (Fsp3) is 0.132. The Morgan fingerprint density at radius 3 is 0.954 bits per heavy atom. The van der Waals surface area contributed by atoms with Crippen LogP contribution in [0.15, 0.2) is 201 Å². The third-order valence-electron chi connectivity index (χ3n) is 12.6. The van der Waals surface area contributed by atoms with Crippen molar-refractivity contribution in [2.24, 2.45) is 0 Å². The number of hydrogen-bond donors (Lipinski definition) is 0. The van der Waals surface area contributed by atoms with E-state index < -0.39 is 90.5 Å². The van der Waals surface area contributed by atoms with E-state index in [1.54, 1.807) is 84.9 Å². The van der Waals surface area contributed by atoms with Gasteiger partial charge in [0.15, 0.2) is 0 Å². The van der Waals surface area contributed by atoms with Crippen LogP contribution in [0.25, 0.3) is 54.3 Å². The van der Waals surface area contributed by atoms with E-state index in [0.717, 1.165) is 38.8 Å². The average molecular weight is 917 g/mol. The van der Waals surface area contributed by atoms with E-state index in [9.17, 15) is 16.8 Å². The first kappa shape index (κ1) is 43.7. The van der Waals surface area contributed by atoms with Crippen LogP contribution in [0.4, 0.5) is 26.3 Å². The van der Waals surface area contributed by atoms with Crippen LogP contribution >= 0.6 is 0 Å². The van der Waals surface area contributed by atoms with Crippen molar-refractivity contribution in [1.29, 1.82) is 0 Å². The maximum Gasteiger partial charge on any atom is 0.380 e. The van der Waals surface area contributed by atoms with Crippen molar-refractivity contribution >= 4 is 29.5 Å². The van der Waals surface area contributed by atoms with Gasteiger partial charge in [-0.3, -0.25) is 0 Å². The smallest absolute Gasteiger partial charge is 0.219 e. The Morgan fingerprint density at radius 2 is 0.646 bits per heavy atom. The van der Waals surface area contributed by atoms with E-state index in [0.29, 0.717) is 33.4 Å². The van der Waals surface area contributed by atoms with E-state index in [4.69, 9.17) is 0 Å². The van der Waals surface area contributed by atoms with E-state index in [1.165, 1.54) is 12.1 Å². The Labute approximate surface area is 373 Å². The molecule has 0 N–H and O–H groups in total. The lowest BCUT2D eigenvalue weighted by molar-refractivity contribution is -0.263. The standard InChI is InChI=1S/C53H38F6O4S2/c1-31-45(33(3)64(60,61)49(31)41-27-25-39(35-17-9-5-10-18-35)29-43(41)37-21-13-7-14-22-37)47-48(52(56,57)53(58,59)51(47,54)55)46-32(2)50(65(62,63)34(46)4)42-28-26-40(36-19-11-6-12-20-36)30-44(42)38-23-15-8-16-24-38/h5-30H,1-4H3. The van der Waals surface area contributed by atoms with Crippen molar-refractivity contribution in [1.82, 2.24) is 0 Å². The van der Waals surface area contributed by atoms with Crippen LogP contribution < -0.4 is 0 Å². The van der Waals surface area contributed by atoms with Gasteiger partial charge in [0.05, 0.1) is 19.6 Å². The van der Waals surface area contributed by atoms with Crippen LogP contribution in [0.1, 0.15) is 38.8 Å². The third kappa shape index (κ3) is 6.47. The highest BCUT2D eigenvalue weighted by atomic mass is 32.2. The summed E-state index contributed by atoms with van der Waals surface area (Å²) in [6, 6.07) is 45.0. The fourth-order valence-electron chi connectivity index (χ4n) is 9.36. The molecule has 0 radical (unpaired) electrons. The first-order valence-corrected chi connectivity index (χ1v) is 23.5. The molecule has 0 fully saturated rings. The van der Waals surface area contributed by atoms with Gasteiger partial charge in [-0.25, -0.2) is 16.8 Å². The number of halogens is 6. The summed E-state index contributed by atoms with van der Waals surface area (Å²) in [6.07, 6.45) is 0. The fourth-order valence-corrected chi connectivity index (χ4v) is 13.0. The lowest BCUT2D eigenvalue weighted by Crippen LogP contribution is -2.49. The summed E-state index contributed by atoms with van der Waals surface area (Å²) in [4.78, 5) is -2.79. The average Bonchev–Trinajstić information content (AvgIpc) is 3.63. The molecule has 1 aliphatic carbocycles. The van der Waals surface area contributed by atoms with Crippen molar-refractivity contribution in [2.45, 2.75) is 45.5 Å². The zero-order chi connectivity index (χ0) is 46.4. The molecule has 12 heteroatoms. The first-order chi connectivity index (χ1) is 30.7. The minimum atomic E-state index is -6.12. The van der Waals surface area contributed by atoms with E-state index in [2.05, 4.69) is 0 Å². The minimum Gasteiger partial charge on any atom is -0.219 e. The predicted octanol–water partition coefficient (Wildman–Crippen LogP) is 14.1. The largest absolute Gasteiger partial charge is 0.380 e. The Balaban J connectivity index is 1.31. The monoisotopic (exact) mass is 916 g/mol. The summed E-state index contributed by atoms with van der Waals surface area (Å²) in [5, 5.41) is 0. The molecule has 0 atom stereocenters. The highest BCUT2D eigenvalue weighted by molar-refractivity contribution is 8.04. The molecule has 0 saturated heterocycles. The topological polar surface area (TPSA) is 68.3 Å². The second kappa shape index (κ2) is 15.3. The maximum atomic E-state index is 16.8. The highest BCUT2D eigenvalue weighted by Crippen LogP contribution is 2.67. The molecule has 65 heavy (non-hydrogen) atoms. The zero-order valence-electron chi connectivity index (χ0n) is 35.2. The van der Waals surface area contributed by atoms with Gasteiger partial charge in [-0.2, -0.15) is 26.3 Å². The van der Waals surface area contributed by atoms with Crippen LogP contribution in [0.5, 0.6) is 0 Å². The van der Waals surface area contributed by atoms with Crippen LogP contribution in [-0.2, 0) is 19.7 Å². The number of hydrogen-bond acceptors (Lipinski definition) is 4. The number of rotatable bonds is 8. The van der Waals surface area contributed by atoms with Crippen LogP contribution in [0.3, 0.4) is 0 Å². The maximum absolute atomic E-state index is 16.8. The molecule has 4 nitrogen and oxygen atoms in total. The summed E-state index contributed by atoms with van der Waals surface area (Å²) in [5.74, 6) is -17.5. The molecule has 6 aromatic carbocycles. The van der Waals surface area contributed by atoms with Crippen molar-refractivity contribution in [2.75, 3.05) is 0 Å². The number of sulfone groups is 2. The Morgan fingerprint density at radius 1 is 0.354 bits per heavy atom. The number of benzene rings is 6. The Hall–Kier alpha value is -6.50. The predicted molar refractivity (Wildman–Crippen MR) is 245 cm³/mol. The summed E-state index contributed by atoms with van der Waals surface area (Å²) in [6.45, 7) is 4.07. The Bertz CT molecular complexity index is 3150. The zero-order valence-corrected chi connectivity index (χ0v) is 36.9. The lowest BCUT2D eigenvalue weighted by atomic mass is 9.86. The van der Waals surface area contributed by atoms with Gasteiger partial charge in [0.25, 0.3) is 0 Å². The molecule has 2 aliphatic heterocycles. The molecule has 3 aliphatic rings. The SMILES string of the molecule is CC1=C(c2ccc(-c3ccccc3)cc2-c2ccccc2)S(=O)(=O)C(C)=C1C1=C(C2=C(C)S(=O)(=O)C(c3ccc(-c4ccccc4)cc3-c3ccccc3)=C2C)C(F)(F)C(F)(F)C1(F)F. The molecule has 0 aromatic heterocycles. The van der Waals surface area contributed by atoms with Gasteiger partial charge in [0.2, 0.25) is 19.7 Å². The quantitative estimate of drug-likeness (QED) is 0.143. The molecular formula is C53H38F6O4S2. The molecule has 0 amide bonds. The van der Waals surface area contributed by atoms with Crippen LogP contribution in [0.2, 0.25) is 0 Å². The molecule has 0 saturated carbocycles. The van der Waals surface area contributed by atoms with Gasteiger partial charge in [-0.15, -0.1) is 0 Å². The van der Waals surface area contributed by atoms with Gasteiger partial charge in [0.1, 0.15) is 0 Å². The molecule has 0 bridgehead atoms. The molecule has 0 spiro atoms. The summed E-state index contributed by atoms with van der Waals surface area (Å²) in [5.41, 5.74) is -2.21. The lowest BCUT2D eigenvalue weighted by Gasteiger charge is -2.26. The van der Waals surface area contributed by atoms with Gasteiger partial charge < -0.3 is 0 Å². The summed E-state index contributed by atoms with van der Waals surface area (Å²) < 4.78 is 158. The molecule has 6 aromatic rings. The van der Waals surface area contributed by atoms with E-state index in [-0.39, 0.29) is 11.1 Å². The van der Waals surface area contributed by atoms with Gasteiger partial charge in [-0.05, 0) is 95.5 Å². The van der Waals surface area contributed by atoms with Crippen molar-refractivity contribution in [3.05, 3.63) is 212 Å². The normalized spacial score (nSPS) is 19.5. The molecule has 2 heterocycles. The molecular weight excluding hydrogens is 879 g/mol. The minimum absolute atomic E-state index is 0.0225. The van der Waals surface area contributed by atoms with Crippen molar-refractivity contribution < 1.29 is 43.2 Å². The van der Waals surface area contributed by atoms with Crippen molar-refractivity contribution in [3.8, 4) is 44.5 Å². The van der Waals surface area contributed by atoms with Gasteiger partial charge in [-0.1, -0.05) is 146 Å². The first-order valence-electron chi connectivity index (χ1n) is 20.5. The Kier molecular flexibility index (Phi) is 10.3. The van der Waals surface area contributed by atoms with Crippen LogP contribution in [-0.4, -0.2) is 34.6 Å². The van der Waals surface area contributed by atoms with E-state index in [1.807, 2.05) is 60.7 Å². The van der Waals surface area contributed by atoms with Gasteiger partial charge in [0, 0.05) is 33.4 Å². The summed E-state index contributed by atoms with van der Waals surface area (Å²) in [7, 11) is -9.69. The van der Waals surface area contributed by atoms with Gasteiger partial charge >= 0.3 is 17.8 Å². The number of allylic oxidation sites excluding steroid dienone is 8. The third-order valence-corrected chi connectivity index (χ3v) is 16.7. The summed E-state index contributed by atoms with van der Waals surface area (Å²) >= 11 is 0. The molecule has 9 rings (SSSR count). The number of alkyl halides is 6. The van der Waals surface area contributed by atoms with Crippen LogP contribution in [0, 0.1) is 0 Å². The van der Waals surface area contributed by atoms with Crippen molar-refractivity contribution in [3.63, 3.8) is 0 Å². The second-order valence-corrected chi connectivity index (χ2v) is 20.3. The molecule has 328 valence electrons. The van der Waals surface area contributed by atoms with E-state index >= 15 is 26.3 Å². The highest BCUT2D eigenvalue weighted by Gasteiger charge is 2.81.